The van der Waals surface area contributed by atoms with Gasteiger partial charge in [0, 0.05) is 16.9 Å². The Kier molecular flexibility index (Phi) is 3.42. The molecule has 0 radical (unpaired) electrons. The Balaban J connectivity index is 1.71. The molecular formula is C15H18BrNO. The number of benzene rings is 1. The zero-order chi connectivity index (χ0) is 12.5. The van der Waals surface area contributed by atoms with E-state index in [1.165, 1.54) is 19.3 Å². The van der Waals surface area contributed by atoms with Crippen LogP contribution in [0.3, 0.4) is 0 Å². The van der Waals surface area contributed by atoms with Crippen molar-refractivity contribution in [2.45, 2.75) is 31.0 Å². The number of hydrogen-bond donors (Lipinski definition) is 1. The zero-order valence-electron chi connectivity index (χ0n) is 10.4. The maximum atomic E-state index is 12.3. The second-order valence-electron chi connectivity index (χ2n) is 5.56. The molecule has 3 atom stereocenters. The Morgan fingerprint density at radius 1 is 1.28 bits per heavy atom. The molecule has 1 aromatic carbocycles. The first kappa shape index (κ1) is 12.2. The van der Waals surface area contributed by atoms with Crippen molar-refractivity contribution in [2.75, 3.05) is 5.32 Å². The van der Waals surface area contributed by atoms with E-state index in [2.05, 4.69) is 21.2 Å². The first-order valence-corrected chi connectivity index (χ1v) is 7.85. The van der Waals surface area contributed by atoms with Crippen LogP contribution in [-0.4, -0.2) is 5.91 Å². The van der Waals surface area contributed by atoms with Gasteiger partial charge in [0.2, 0.25) is 5.91 Å². The fourth-order valence-corrected chi connectivity index (χ4v) is 4.04. The fourth-order valence-electron chi connectivity index (χ4n) is 3.55. The molecule has 0 heterocycles. The second kappa shape index (κ2) is 5.04. The third-order valence-electron chi connectivity index (χ3n) is 4.49. The Morgan fingerprint density at radius 2 is 2.11 bits per heavy atom. The van der Waals surface area contributed by atoms with Crippen LogP contribution in [0.4, 0.5) is 5.69 Å². The number of carbonyl (C=O) groups excluding carboxylic acids is 1. The second-order valence-corrected chi connectivity index (χ2v) is 6.12. The van der Waals surface area contributed by atoms with Crippen molar-refractivity contribution in [1.82, 2.24) is 0 Å². The van der Waals surface area contributed by atoms with Gasteiger partial charge in [0.1, 0.15) is 0 Å². The van der Waals surface area contributed by atoms with Gasteiger partial charge in [0.25, 0.3) is 0 Å². The molecule has 3 unspecified atom stereocenters. The van der Waals surface area contributed by atoms with Gasteiger partial charge in [-0.05, 0) is 42.7 Å². The van der Waals surface area contributed by atoms with E-state index in [1.54, 1.807) is 0 Å². The molecule has 0 aromatic heterocycles. The molecule has 2 nitrogen and oxygen atoms in total. The van der Waals surface area contributed by atoms with Gasteiger partial charge in [0.15, 0.2) is 0 Å². The lowest BCUT2D eigenvalue weighted by molar-refractivity contribution is -0.121. The zero-order valence-corrected chi connectivity index (χ0v) is 11.9. The molecule has 2 aliphatic rings. The number of amides is 1. The Morgan fingerprint density at radius 3 is 2.78 bits per heavy atom. The highest BCUT2D eigenvalue weighted by Gasteiger charge is 2.43. The Labute approximate surface area is 116 Å². The maximum absolute atomic E-state index is 12.3. The molecule has 3 heteroatoms. The Hall–Kier alpha value is -0.830. The van der Waals surface area contributed by atoms with E-state index in [1.807, 2.05) is 24.3 Å². The van der Waals surface area contributed by atoms with Crippen LogP contribution in [-0.2, 0) is 10.1 Å². The van der Waals surface area contributed by atoms with Gasteiger partial charge in [-0.1, -0.05) is 40.5 Å². The predicted octanol–water partition coefficient (Wildman–Crippen LogP) is 3.96. The van der Waals surface area contributed by atoms with E-state index < -0.39 is 0 Å². The third kappa shape index (κ3) is 2.20. The summed E-state index contributed by atoms with van der Waals surface area (Å²) in [4.78, 5) is 12.3. The first-order valence-electron chi connectivity index (χ1n) is 6.72. The van der Waals surface area contributed by atoms with E-state index in [9.17, 15) is 4.79 Å². The summed E-state index contributed by atoms with van der Waals surface area (Å²) in [5.74, 6) is 1.95. The summed E-state index contributed by atoms with van der Waals surface area (Å²) in [5, 5.41) is 3.90. The van der Waals surface area contributed by atoms with Gasteiger partial charge < -0.3 is 5.32 Å². The molecule has 1 N–H and O–H groups in total. The van der Waals surface area contributed by atoms with Gasteiger partial charge in [-0.15, -0.1) is 0 Å². The first-order chi connectivity index (χ1) is 8.78. The largest absolute Gasteiger partial charge is 0.326 e. The van der Waals surface area contributed by atoms with Crippen molar-refractivity contribution in [3.8, 4) is 0 Å². The molecule has 0 spiro atoms. The van der Waals surface area contributed by atoms with E-state index in [0.717, 1.165) is 28.9 Å². The molecule has 2 saturated carbocycles. The van der Waals surface area contributed by atoms with E-state index in [-0.39, 0.29) is 11.8 Å². The highest BCUT2D eigenvalue weighted by atomic mass is 79.9. The van der Waals surface area contributed by atoms with Crippen LogP contribution < -0.4 is 5.32 Å². The van der Waals surface area contributed by atoms with Crippen LogP contribution >= 0.6 is 15.9 Å². The highest BCUT2D eigenvalue weighted by Crippen LogP contribution is 2.48. The number of rotatable bonds is 3. The number of para-hydroxylation sites is 1. The highest BCUT2D eigenvalue weighted by molar-refractivity contribution is 9.08. The average Bonchev–Trinajstić information content (AvgIpc) is 3.01. The van der Waals surface area contributed by atoms with E-state index >= 15 is 0 Å². The molecule has 96 valence electrons. The molecular weight excluding hydrogens is 290 g/mol. The minimum atomic E-state index is 0.232. The van der Waals surface area contributed by atoms with Gasteiger partial charge in [0.05, 0.1) is 0 Å². The minimum Gasteiger partial charge on any atom is -0.326 e. The van der Waals surface area contributed by atoms with Crippen LogP contribution in [0.5, 0.6) is 0 Å². The third-order valence-corrected chi connectivity index (χ3v) is 5.10. The molecule has 2 fully saturated rings. The van der Waals surface area contributed by atoms with Crippen molar-refractivity contribution in [3.63, 3.8) is 0 Å². The fraction of sp³-hybridized carbons (Fsp3) is 0.533. The number of anilines is 1. The van der Waals surface area contributed by atoms with Crippen molar-refractivity contribution < 1.29 is 4.79 Å². The number of carbonyl (C=O) groups is 1. The summed E-state index contributed by atoms with van der Waals surface area (Å²) in [6.45, 7) is 0. The van der Waals surface area contributed by atoms with Crippen molar-refractivity contribution in [2.24, 2.45) is 17.8 Å². The van der Waals surface area contributed by atoms with Gasteiger partial charge >= 0.3 is 0 Å². The topological polar surface area (TPSA) is 29.1 Å². The molecule has 2 aliphatic carbocycles. The van der Waals surface area contributed by atoms with Crippen LogP contribution in [0.1, 0.15) is 31.2 Å². The molecule has 18 heavy (non-hydrogen) atoms. The number of hydrogen-bond acceptors (Lipinski definition) is 1. The molecule has 3 rings (SSSR count). The lowest BCUT2D eigenvalue weighted by atomic mass is 9.88. The summed E-state index contributed by atoms with van der Waals surface area (Å²) in [6, 6.07) is 8.01. The lowest BCUT2D eigenvalue weighted by Crippen LogP contribution is -2.27. The molecule has 2 bridgehead atoms. The summed E-state index contributed by atoms with van der Waals surface area (Å²) in [5.41, 5.74) is 2.11. The van der Waals surface area contributed by atoms with Gasteiger partial charge in [-0.3, -0.25) is 4.79 Å². The maximum Gasteiger partial charge on any atom is 0.227 e. The van der Waals surface area contributed by atoms with Crippen LogP contribution in [0, 0.1) is 17.8 Å². The SMILES string of the molecule is O=C(Nc1ccccc1CBr)C1CC2CCC1C2. The summed E-state index contributed by atoms with van der Waals surface area (Å²) in [7, 11) is 0. The average molecular weight is 308 g/mol. The molecule has 1 aromatic rings. The van der Waals surface area contributed by atoms with Crippen molar-refractivity contribution in [3.05, 3.63) is 29.8 Å². The Bertz CT molecular complexity index is 460. The quantitative estimate of drug-likeness (QED) is 0.842. The minimum absolute atomic E-state index is 0.232. The molecule has 1 amide bonds. The molecule has 0 aliphatic heterocycles. The van der Waals surface area contributed by atoms with Crippen molar-refractivity contribution >= 4 is 27.5 Å². The normalized spacial score (nSPS) is 29.5. The van der Waals surface area contributed by atoms with Crippen LogP contribution in [0.15, 0.2) is 24.3 Å². The molecule has 0 saturated heterocycles. The van der Waals surface area contributed by atoms with Crippen LogP contribution in [0.2, 0.25) is 0 Å². The van der Waals surface area contributed by atoms with Crippen molar-refractivity contribution in [1.29, 1.82) is 0 Å². The lowest BCUT2D eigenvalue weighted by Gasteiger charge is -2.21. The van der Waals surface area contributed by atoms with E-state index in [0.29, 0.717) is 5.92 Å². The number of alkyl halides is 1. The number of nitrogens with one attached hydrogen (secondary N) is 1. The summed E-state index contributed by atoms with van der Waals surface area (Å²) in [6.07, 6.45) is 4.97. The van der Waals surface area contributed by atoms with Gasteiger partial charge in [-0.25, -0.2) is 0 Å². The number of halogens is 1. The van der Waals surface area contributed by atoms with E-state index in [4.69, 9.17) is 0 Å². The van der Waals surface area contributed by atoms with Gasteiger partial charge in [-0.2, -0.15) is 0 Å². The monoisotopic (exact) mass is 307 g/mol. The number of fused-ring (bicyclic) bond motifs is 2. The standard InChI is InChI=1S/C15H18BrNO/c16-9-12-3-1-2-4-14(12)17-15(18)13-8-10-5-6-11(13)7-10/h1-4,10-11,13H,5-9H2,(H,17,18). The summed E-state index contributed by atoms with van der Waals surface area (Å²) < 4.78 is 0. The smallest absolute Gasteiger partial charge is 0.227 e. The predicted molar refractivity (Wildman–Crippen MR) is 76.6 cm³/mol. The van der Waals surface area contributed by atoms with Crippen LogP contribution in [0.25, 0.3) is 0 Å². The summed E-state index contributed by atoms with van der Waals surface area (Å²) >= 11 is 3.46.